The number of hydrogen-bond acceptors (Lipinski definition) is 6. The van der Waals surface area contributed by atoms with Gasteiger partial charge in [-0.1, -0.05) is 31.5 Å². The maximum absolute atomic E-state index is 12.5. The van der Waals surface area contributed by atoms with Gasteiger partial charge >= 0.3 is 5.97 Å². The smallest absolute Gasteiger partial charge is 0.325 e. The molecular formula is C20H28N2O6S. The van der Waals surface area contributed by atoms with Gasteiger partial charge in [0.15, 0.2) is 16.4 Å². The summed E-state index contributed by atoms with van der Waals surface area (Å²) in [5.74, 6) is -1.53. The largest absolute Gasteiger partial charge is 0.454 e. The molecule has 0 aromatic heterocycles. The van der Waals surface area contributed by atoms with E-state index in [1.165, 1.54) is 4.90 Å². The summed E-state index contributed by atoms with van der Waals surface area (Å²) in [6.07, 6.45) is 1.99. The number of ether oxygens (including phenoxy) is 1. The van der Waals surface area contributed by atoms with E-state index in [-0.39, 0.29) is 24.1 Å². The zero-order chi connectivity index (χ0) is 21.4. The molecule has 1 N–H and O–H groups in total. The number of hydrogen-bond donors (Lipinski definition) is 1. The molecule has 0 saturated carbocycles. The van der Waals surface area contributed by atoms with E-state index in [1.54, 1.807) is 25.1 Å². The summed E-state index contributed by atoms with van der Waals surface area (Å²) in [6.45, 7) is 3.37. The first-order chi connectivity index (χ1) is 13.7. The summed E-state index contributed by atoms with van der Waals surface area (Å²) in [5.41, 5.74) is 1.25. The van der Waals surface area contributed by atoms with Crippen molar-refractivity contribution in [1.29, 1.82) is 0 Å². The molecule has 160 valence electrons. The third-order valence-electron chi connectivity index (χ3n) is 4.86. The molecule has 8 nitrogen and oxygen atoms in total. The van der Waals surface area contributed by atoms with Gasteiger partial charge in [0.25, 0.3) is 11.8 Å². The minimum atomic E-state index is -3.13. The van der Waals surface area contributed by atoms with Crippen LogP contribution in [0.4, 0.5) is 0 Å². The molecule has 29 heavy (non-hydrogen) atoms. The molecular weight excluding hydrogens is 396 g/mol. The van der Waals surface area contributed by atoms with E-state index in [0.717, 1.165) is 18.4 Å². The van der Waals surface area contributed by atoms with Gasteiger partial charge in [0, 0.05) is 18.2 Å². The molecule has 0 radical (unpaired) electrons. The van der Waals surface area contributed by atoms with E-state index in [4.69, 9.17) is 4.74 Å². The number of esters is 1. The Morgan fingerprint density at radius 3 is 2.59 bits per heavy atom. The molecule has 2 amide bonds. The quantitative estimate of drug-likeness (QED) is 0.594. The predicted molar refractivity (Wildman–Crippen MR) is 108 cm³/mol. The summed E-state index contributed by atoms with van der Waals surface area (Å²) in [4.78, 5) is 38.1. The molecule has 1 atom stereocenters. The van der Waals surface area contributed by atoms with Crippen LogP contribution >= 0.6 is 0 Å². The fraction of sp³-hybridized carbons (Fsp3) is 0.550. The van der Waals surface area contributed by atoms with Gasteiger partial charge in [-0.25, -0.2) is 8.42 Å². The van der Waals surface area contributed by atoms with Crippen LogP contribution in [0, 0.1) is 6.92 Å². The highest BCUT2D eigenvalue weighted by Gasteiger charge is 2.34. The second-order valence-electron chi connectivity index (χ2n) is 7.16. The number of amides is 2. The van der Waals surface area contributed by atoms with E-state index in [9.17, 15) is 22.8 Å². The molecule has 0 bridgehead atoms. The van der Waals surface area contributed by atoms with E-state index < -0.39 is 34.2 Å². The zero-order valence-electron chi connectivity index (χ0n) is 16.8. The Labute approximate surface area is 171 Å². The number of benzene rings is 1. The molecule has 2 rings (SSSR count). The highest BCUT2D eigenvalue weighted by atomic mass is 32.2. The first-order valence-electron chi connectivity index (χ1n) is 9.73. The number of aryl methyl sites for hydroxylation is 1. The summed E-state index contributed by atoms with van der Waals surface area (Å²) >= 11 is 0. The standard InChI is InChI=1S/C20H28N2O6S/c1-3-4-10-22(16-9-11-29(26,27)14-16)18(23)13-28-19(24)12-21-20(25)17-8-6-5-7-15(17)2/h5-8,16H,3-4,9-14H2,1-2H3,(H,21,25). The third kappa shape index (κ3) is 6.85. The number of carbonyl (C=O) groups excluding carboxylic acids is 3. The summed E-state index contributed by atoms with van der Waals surface area (Å²) < 4.78 is 28.5. The predicted octanol–water partition coefficient (Wildman–Crippen LogP) is 1.08. The number of sulfone groups is 1. The molecule has 1 aliphatic rings. The monoisotopic (exact) mass is 424 g/mol. The van der Waals surface area contributed by atoms with Gasteiger partial charge in [0.2, 0.25) is 0 Å². The molecule has 1 unspecified atom stereocenters. The van der Waals surface area contributed by atoms with Gasteiger partial charge in [-0.15, -0.1) is 0 Å². The van der Waals surface area contributed by atoms with Crippen molar-refractivity contribution in [2.75, 3.05) is 31.2 Å². The highest BCUT2D eigenvalue weighted by molar-refractivity contribution is 7.91. The second-order valence-corrected chi connectivity index (χ2v) is 9.38. The van der Waals surface area contributed by atoms with Gasteiger partial charge in [-0.05, 0) is 31.4 Å². The first kappa shape index (κ1) is 22.9. The fourth-order valence-corrected chi connectivity index (χ4v) is 4.94. The fourth-order valence-electron chi connectivity index (χ4n) is 3.21. The van der Waals surface area contributed by atoms with Gasteiger partial charge in [0.05, 0.1) is 11.5 Å². The molecule has 1 fully saturated rings. The normalized spacial score (nSPS) is 17.5. The Morgan fingerprint density at radius 1 is 1.24 bits per heavy atom. The van der Waals surface area contributed by atoms with Crippen molar-refractivity contribution in [2.24, 2.45) is 0 Å². The van der Waals surface area contributed by atoms with Gasteiger partial charge in [-0.3, -0.25) is 14.4 Å². The molecule has 9 heteroatoms. The average molecular weight is 425 g/mol. The van der Waals surface area contributed by atoms with Crippen molar-refractivity contribution in [3.05, 3.63) is 35.4 Å². The van der Waals surface area contributed by atoms with Crippen LogP contribution in [-0.4, -0.2) is 68.3 Å². The van der Waals surface area contributed by atoms with Crippen LogP contribution in [0.15, 0.2) is 24.3 Å². The van der Waals surface area contributed by atoms with Gasteiger partial charge < -0.3 is 15.0 Å². The Morgan fingerprint density at radius 2 is 1.97 bits per heavy atom. The van der Waals surface area contributed by atoms with E-state index in [2.05, 4.69) is 5.32 Å². The van der Waals surface area contributed by atoms with Crippen LogP contribution < -0.4 is 5.32 Å². The van der Waals surface area contributed by atoms with Crippen molar-refractivity contribution in [3.63, 3.8) is 0 Å². The van der Waals surface area contributed by atoms with E-state index in [1.807, 2.05) is 13.0 Å². The second kappa shape index (κ2) is 10.4. The van der Waals surface area contributed by atoms with Crippen molar-refractivity contribution < 1.29 is 27.5 Å². The molecule has 1 aromatic rings. The minimum Gasteiger partial charge on any atom is -0.454 e. The van der Waals surface area contributed by atoms with Crippen LogP contribution in [0.3, 0.4) is 0 Å². The van der Waals surface area contributed by atoms with Crippen LogP contribution in [0.25, 0.3) is 0 Å². The van der Waals surface area contributed by atoms with E-state index >= 15 is 0 Å². The van der Waals surface area contributed by atoms with Crippen LogP contribution in [0.5, 0.6) is 0 Å². The van der Waals surface area contributed by atoms with Crippen LogP contribution in [0.1, 0.15) is 42.1 Å². The SMILES string of the molecule is CCCCN(C(=O)COC(=O)CNC(=O)c1ccccc1C)C1CCS(=O)(=O)C1. The lowest BCUT2D eigenvalue weighted by molar-refractivity contribution is -0.152. The lowest BCUT2D eigenvalue weighted by Gasteiger charge is -2.28. The zero-order valence-corrected chi connectivity index (χ0v) is 17.7. The Bertz CT molecular complexity index is 852. The lowest BCUT2D eigenvalue weighted by Crippen LogP contribution is -2.44. The number of nitrogens with zero attached hydrogens (tertiary/aromatic N) is 1. The number of carbonyl (C=O) groups is 3. The molecule has 0 spiro atoms. The number of nitrogens with one attached hydrogen (secondary N) is 1. The van der Waals surface area contributed by atoms with E-state index in [0.29, 0.717) is 18.5 Å². The highest BCUT2D eigenvalue weighted by Crippen LogP contribution is 2.18. The Balaban J connectivity index is 1.84. The van der Waals surface area contributed by atoms with Crippen molar-refractivity contribution in [2.45, 2.75) is 39.2 Å². The summed E-state index contributed by atoms with van der Waals surface area (Å²) in [7, 11) is -3.13. The minimum absolute atomic E-state index is 0.0527. The Hall–Kier alpha value is -2.42. The van der Waals surface area contributed by atoms with Crippen molar-refractivity contribution >= 4 is 27.6 Å². The van der Waals surface area contributed by atoms with Gasteiger partial charge in [-0.2, -0.15) is 0 Å². The van der Waals surface area contributed by atoms with Crippen molar-refractivity contribution in [3.8, 4) is 0 Å². The molecule has 1 aromatic carbocycles. The Kier molecular flexibility index (Phi) is 8.19. The summed E-state index contributed by atoms with van der Waals surface area (Å²) in [5, 5.41) is 2.47. The molecule has 1 heterocycles. The summed E-state index contributed by atoms with van der Waals surface area (Å²) in [6, 6.07) is 6.61. The molecule has 1 aliphatic heterocycles. The number of rotatable bonds is 9. The molecule has 1 saturated heterocycles. The van der Waals surface area contributed by atoms with Crippen molar-refractivity contribution in [1.82, 2.24) is 10.2 Å². The third-order valence-corrected chi connectivity index (χ3v) is 6.61. The van der Waals surface area contributed by atoms with Gasteiger partial charge in [0.1, 0.15) is 6.54 Å². The average Bonchev–Trinajstić information content (AvgIpc) is 3.04. The maximum Gasteiger partial charge on any atom is 0.325 e. The van der Waals surface area contributed by atoms with Crippen LogP contribution in [0.2, 0.25) is 0 Å². The number of unbranched alkanes of at least 4 members (excludes halogenated alkanes) is 1. The topological polar surface area (TPSA) is 110 Å². The maximum atomic E-state index is 12.5. The lowest BCUT2D eigenvalue weighted by atomic mass is 10.1. The van der Waals surface area contributed by atoms with Crippen LogP contribution in [-0.2, 0) is 24.2 Å². The molecule has 0 aliphatic carbocycles. The first-order valence-corrected chi connectivity index (χ1v) is 11.5.